The number of pyridine rings is 2. The van der Waals surface area contributed by atoms with Crippen LogP contribution >= 0.6 is 0 Å². The van der Waals surface area contributed by atoms with Crippen molar-refractivity contribution in [2.45, 2.75) is 33.0 Å². The summed E-state index contributed by atoms with van der Waals surface area (Å²) in [5, 5.41) is 0. The van der Waals surface area contributed by atoms with Gasteiger partial charge >= 0.3 is 0 Å². The molecule has 0 radical (unpaired) electrons. The van der Waals surface area contributed by atoms with Crippen molar-refractivity contribution >= 4 is 57.3 Å². The first-order valence-electron chi connectivity index (χ1n) is 31.3. The van der Waals surface area contributed by atoms with E-state index in [0.717, 1.165) is 61.7 Å². The molecule has 366 valence electrons. The molecule has 8 aromatic carbocycles. The Morgan fingerprint density at radius 3 is 1.83 bits per heavy atom. The zero-order valence-corrected chi connectivity index (χ0v) is 41.6. The molecule has 0 saturated carbocycles. The fourth-order valence-corrected chi connectivity index (χ4v) is 10.3. The van der Waals surface area contributed by atoms with Gasteiger partial charge < -0.3 is 14.7 Å². The van der Waals surface area contributed by atoms with E-state index in [1.807, 2.05) is 114 Å². The van der Waals surface area contributed by atoms with E-state index in [1.54, 1.807) is 11.1 Å². The van der Waals surface area contributed by atoms with E-state index in [9.17, 15) is 5.48 Å². The number of para-hydroxylation sites is 1. The molecule has 13 rings (SSSR count). The summed E-state index contributed by atoms with van der Waals surface area (Å²) < 4.78 is 116. The summed E-state index contributed by atoms with van der Waals surface area (Å²) in [7, 11) is 0. The van der Waals surface area contributed by atoms with Gasteiger partial charge in [0.05, 0.1) is 30.8 Å². The van der Waals surface area contributed by atoms with Crippen LogP contribution in [0.5, 0.6) is 0 Å². The number of hydrogen-bond donors (Lipinski definition) is 0. The predicted octanol–water partition coefficient (Wildman–Crippen LogP) is 17.7. The molecule has 0 N–H and O–H groups in total. The van der Waals surface area contributed by atoms with Gasteiger partial charge in [-0.15, -0.1) is 0 Å². The summed E-state index contributed by atoms with van der Waals surface area (Å²) in [5.74, 6) is 1.16. The van der Waals surface area contributed by atoms with E-state index in [4.69, 9.17) is 27.3 Å². The summed E-state index contributed by atoms with van der Waals surface area (Å²) in [6.45, 7) is 3.41. The van der Waals surface area contributed by atoms with E-state index < -0.39 is 67.3 Å². The van der Waals surface area contributed by atoms with Crippen LogP contribution in [0.4, 0.5) is 57.3 Å². The van der Waals surface area contributed by atoms with Gasteiger partial charge in [0.15, 0.2) is 11.6 Å². The predicted molar refractivity (Wildman–Crippen MR) is 313 cm³/mol. The highest BCUT2D eigenvalue weighted by Gasteiger charge is 2.35. The number of anilines is 10. The molecule has 0 aliphatic carbocycles. The lowest BCUT2D eigenvalue weighted by Gasteiger charge is -2.31. The molecule has 8 nitrogen and oxygen atoms in total. The van der Waals surface area contributed by atoms with Crippen molar-refractivity contribution in [3.63, 3.8) is 0 Å². The van der Waals surface area contributed by atoms with Crippen LogP contribution in [0.25, 0.3) is 55.6 Å². The highest BCUT2D eigenvalue weighted by Crippen LogP contribution is 2.54. The first-order valence-corrected chi connectivity index (χ1v) is 24.8. The van der Waals surface area contributed by atoms with Crippen LogP contribution in [0.15, 0.2) is 243 Å². The van der Waals surface area contributed by atoms with Crippen molar-refractivity contribution in [3.05, 3.63) is 254 Å². The van der Waals surface area contributed by atoms with Crippen LogP contribution in [0, 0.1) is 6.85 Å². The highest BCUT2D eigenvalue weighted by atomic mass is 15.4. The minimum absolute atomic E-state index is 0.0550. The SMILES string of the molecule is [2H]c1c([2H])c([2H])c(-c2cc(C([2H])([2H])[2H])cc(-c3c([2H])c([2H])c([2H])c([2H])c3[2H])c2N2CN(c3cc(-c4ccccc4)cc(N(c4ccccc4)c4ccc5c(c4)N(c4cc(C(C)(C)C)ccn4)c4ccncc4-c4ccccc4-5)c3)c3nccnc32)c([2H])c1[2H]. The first kappa shape index (κ1) is 33.9. The third kappa shape index (κ3) is 8.30. The number of rotatable bonds is 9. The molecule has 5 heterocycles. The number of benzene rings is 8. The van der Waals surface area contributed by atoms with Gasteiger partial charge in [0, 0.05) is 80.1 Å². The Balaban J connectivity index is 1.06. The van der Waals surface area contributed by atoms with E-state index in [-0.39, 0.29) is 57.2 Å². The molecule has 0 fully saturated rings. The Bertz CT molecular complexity index is 4520. The van der Waals surface area contributed by atoms with Gasteiger partial charge in [-0.25, -0.2) is 15.0 Å². The molecule has 0 unspecified atom stereocenters. The highest BCUT2D eigenvalue weighted by molar-refractivity contribution is 6.03. The van der Waals surface area contributed by atoms with Crippen molar-refractivity contribution in [2.24, 2.45) is 0 Å². The molecule has 8 heteroatoms. The standard InChI is InChI=1S/C68H54N8/c1-46-37-59(48-21-11-6-12-22-48)65(60(38-46)49-23-13-7-14-24-49)74-45-73(66-67(74)72-36-35-71-66)54-39-50(47-19-9-5-10-20-47)40-55(42-54)75(52-25-15-8-16-26-52)53-29-30-58-56-27-17-18-28-57(56)61-44-69-33-32-62(61)76(63(58)43-53)64-41-51(31-34-70-64)68(2,3)4/h5-44H,45H2,1-4H3/i1D3,6D,7D,11D,12D,13D,14D,21D,22D,23D,24D. The third-order valence-corrected chi connectivity index (χ3v) is 13.8. The minimum atomic E-state index is -2.92. The first-order chi connectivity index (χ1) is 42.6. The minimum Gasteiger partial charge on any atom is -0.310 e. The van der Waals surface area contributed by atoms with E-state index in [2.05, 4.69) is 78.0 Å². The van der Waals surface area contributed by atoms with Gasteiger partial charge in [0.25, 0.3) is 0 Å². The molecular formula is C68H54N8. The topological polar surface area (TPSA) is 64.5 Å². The maximum absolute atomic E-state index is 9.32. The number of fused-ring (bicyclic) bond motifs is 6. The number of hydrogen-bond acceptors (Lipinski definition) is 8. The molecule has 0 bridgehead atoms. The van der Waals surface area contributed by atoms with Crippen molar-refractivity contribution in [2.75, 3.05) is 26.3 Å². The summed E-state index contributed by atoms with van der Waals surface area (Å²) in [4.78, 5) is 27.4. The second-order valence-electron chi connectivity index (χ2n) is 19.5. The quantitative estimate of drug-likeness (QED) is 0.142. The molecule has 0 spiro atoms. The Kier molecular flexibility index (Phi) is 8.48. The summed E-state index contributed by atoms with van der Waals surface area (Å²) >= 11 is 0. The zero-order chi connectivity index (χ0) is 62.5. The van der Waals surface area contributed by atoms with E-state index in [1.165, 1.54) is 24.5 Å². The molecule has 76 heavy (non-hydrogen) atoms. The monoisotopic (exact) mass is 996 g/mol. The van der Waals surface area contributed by atoms with Crippen LogP contribution in [0.2, 0.25) is 0 Å². The molecule has 11 aromatic rings. The summed E-state index contributed by atoms with van der Waals surface area (Å²) in [6.07, 6.45) is 8.51. The Hall–Kier alpha value is -9.66. The van der Waals surface area contributed by atoms with Crippen molar-refractivity contribution < 1.29 is 17.8 Å². The van der Waals surface area contributed by atoms with Crippen LogP contribution in [-0.4, -0.2) is 26.6 Å². The largest absolute Gasteiger partial charge is 0.310 e. The maximum Gasteiger partial charge on any atom is 0.178 e. The fourth-order valence-electron chi connectivity index (χ4n) is 10.3. The Morgan fingerprint density at radius 1 is 0.487 bits per heavy atom. The fraction of sp³-hybridized carbons (Fsp3) is 0.0882. The molecule has 0 amide bonds. The van der Waals surface area contributed by atoms with Crippen LogP contribution in [0.3, 0.4) is 0 Å². The number of aryl methyl sites for hydroxylation is 1. The average molecular weight is 996 g/mol. The summed E-state index contributed by atoms with van der Waals surface area (Å²) in [6, 6.07) is 42.5. The van der Waals surface area contributed by atoms with E-state index >= 15 is 0 Å². The second kappa shape index (κ2) is 19.0. The molecule has 2 aliphatic heterocycles. The maximum atomic E-state index is 9.32. The zero-order valence-electron chi connectivity index (χ0n) is 54.6. The molecule has 2 aliphatic rings. The molecule has 0 atom stereocenters. The van der Waals surface area contributed by atoms with Crippen LogP contribution in [0.1, 0.15) is 49.7 Å². The molecule has 3 aromatic heterocycles. The lowest BCUT2D eigenvalue weighted by molar-refractivity contribution is 0.589. The van der Waals surface area contributed by atoms with E-state index in [0.29, 0.717) is 17.2 Å². The van der Waals surface area contributed by atoms with Gasteiger partial charge in [0.2, 0.25) is 0 Å². The number of nitrogens with zero attached hydrogens (tertiary/aromatic N) is 8. The smallest absolute Gasteiger partial charge is 0.178 e. The van der Waals surface area contributed by atoms with Crippen molar-refractivity contribution in [3.8, 4) is 55.6 Å². The van der Waals surface area contributed by atoms with Gasteiger partial charge in [-0.05, 0) is 130 Å². The van der Waals surface area contributed by atoms with Gasteiger partial charge in [-0.3, -0.25) is 9.88 Å². The third-order valence-electron chi connectivity index (χ3n) is 13.8. The lowest BCUT2D eigenvalue weighted by atomic mass is 9.87. The van der Waals surface area contributed by atoms with Crippen LogP contribution < -0.4 is 19.6 Å². The van der Waals surface area contributed by atoms with Crippen molar-refractivity contribution in [1.29, 1.82) is 0 Å². The lowest BCUT2D eigenvalue weighted by Crippen LogP contribution is -2.25. The Labute approximate surface area is 462 Å². The normalized spacial score (nSPS) is 15.2. The molecular weight excluding hydrogens is 929 g/mol. The van der Waals surface area contributed by atoms with Gasteiger partial charge in [-0.1, -0.05) is 160 Å². The van der Waals surface area contributed by atoms with Crippen LogP contribution in [-0.2, 0) is 5.41 Å². The van der Waals surface area contributed by atoms with Gasteiger partial charge in [-0.2, -0.15) is 0 Å². The number of aromatic nitrogens is 4. The Morgan fingerprint density at radius 2 is 1.14 bits per heavy atom. The van der Waals surface area contributed by atoms with Crippen molar-refractivity contribution in [1.82, 2.24) is 19.9 Å². The van der Waals surface area contributed by atoms with Gasteiger partial charge in [0.1, 0.15) is 12.5 Å². The summed E-state index contributed by atoms with van der Waals surface area (Å²) in [5.41, 5.74) is 9.48. The average Bonchev–Trinajstić information content (AvgIpc) is 1.78. The second-order valence-corrected chi connectivity index (χ2v) is 19.5. The molecule has 0 saturated heterocycles.